The number of benzene rings is 2. The van der Waals surface area contributed by atoms with Crippen molar-refractivity contribution in [2.24, 2.45) is 11.8 Å². The molecule has 0 spiro atoms. The molecule has 2 aromatic rings. The second-order valence-electron chi connectivity index (χ2n) is 9.37. The number of carbonyl (C=O) groups is 1. The van der Waals surface area contributed by atoms with Crippen LogP contribution >= 0.6 is 0 Å². The van der Waals surface area contributed by atoms with Gasteiger partial charge in [-0.3, -0.25) is 0 Å². The molecule has 0 heterocycles. The molecule has 0 unspecified atom stereocenters. The Balaban J connectivity index is 1.38. The molecule has 0 amide bonds. The Kier molecular flexibility index (Phi) is 10.7. The maximum atomic E-state index is 14.2. The summed E-state index contributed by atoms with van der Waals surface area (Å²) in [5, 5.41) is 0. The molecule has 1 saturated carbocycles. The molecule has 1 aliphatic rings. The summed E-state index contributed by atoms with van der Waals surface area (Å²) >= 11 is 0. The lowest BCUT2D eigenvalue weighted by Gasteiger charge is -2.28. The van der Waals surface area contributed by atoms with Crippen LogP contribution in [-0.4, -0.2) is 19.2 Å². The van der Waals surface area contributed by atoms with Gasteiger partial charge in [-0.25, -0.2) is 9.18 Å². The Labute approximate surface area is 203 Å². The molecule has 34 heavy (non-hydrogen) atoms. The molecule has 2 aromatic carbocycles. The van der Waals surface area contributed by atoms with Gasteiger partial charge < -0.3 is 14.2 Å². The molecule has 1 fully saturated rings. The van der Waals surface area contributed by atoms with Gasteiger partial charge in [0.15, 0.2) is 11.6 Å². The van der Waals surface area contributed by atoms with E-state index in [2.05, 4.69) is 6.92 Å². The predicted octanol–water partition coefficient (Wildman–Crippen LogP) is 7.99. The number of unbranched alkanes of at least 4 members (excludes halogenated alkanes) is 1. The lowest BCUT2D eigenvalue weighted by atomic mass is 9.78. The average Bonchev–Trinajstić information content (AvgIpc) is 2.85. The van der Waals surface area contributed by atoms with Crippen LogP contribution in [0.25, 0.3) is 0 Å². The molecule has 0 atom stereocenters. The first-order valence-electron chi connectivity index (χ1n) is 13.0. The monoisotopic (exact) mass is 470 g/mol. The van der Waals surface area contributed by atoms with Gasteiger partial charge in [-0.05, 0) is 73.6 Å². The van der Waals surface area contributed by atoms with E-state index in [0.29, 0.717) is 19.0 Å². The van der Waals surface area contributed by atoms with Crippen LogP contribution in [0.5, 0.6) is 17.2 Å². The second kappa shape index (κ2) is 14.0. The molecule has 0 aromatic heterocycles. The van der Waals surface area contributed by atoms with Gasteiger partial charge in [0.2, 0.25) is 0 Å². The quantitative estimate of drug-likeness (QED) is 0.169. The minimum atomic E-state index is -0.610. The Hall–Kier alpha value is -2.56. The van der Waals surface area contributed by atoms with Gasteiger partial charge in [0.25, 0.3) is 0 Å². The van der Waals surface area contributed by atoms with Crippen molar-refractivity contribution >= 4 is 5.97 Å². The van der Waals surface area contributed by atoms with Gasteiger partial charge in [0.05, 0.1) is 18.8 Å². The van der Waals surface area contributed by atoms with E-state index in [9.17, 15) is 9.18 Å². The third-order valence-electron chi connectivity index (χ3n) is 6.65. The maximum absolute atomic E-state index is 14.2. The third kappa shape index (κ3) is 8.34. The fourth-order valence-electron chi connectivity index (χ4n) is 4.62. The minimum absolute atomic E-state index is 0.143. The van der Waals surface area contributed by atoms with Crippen LogP contribution in [0.2, 0.25) is 0 Å². The van der Waals surface area contributed by atoms with Crippen LogP contribution < -0.4 is 14.2 Å². The van der Waals surface area contributed by atoms with Gasteiger partial charge in [-0.15, -0.1) is 0 Å². The van der Waals surface area contributed by atoms with E-state index in [-0.39, 0.29) is 11.3 Å². The normalized spacial score (nSPS) is 17.9. The molecular weight excluding hydrogens is 431 g/mol. The van der Waals surface area contributed by atoms with Crippen molar-refractivity contribution in [1.82, 2.24) is 0 Å². The Bertz CT molecular complexity index is 872. The highest BCUT2D eigenvalue weighted by Crippen LogP contribution is 2.33. The zero-order valence-electron chi connectivity index (χ0n) is 20.7. The van der Waals surface area contributed by atoms with Gasteiger partial charge in [0, 0.05) is 0 Å². The highest BCUT2D eigenvalue weighted by Gasteiger charge is 2.20. The number of ether oxygens (including phenoxy) is 3. The summed E-state index contributed by atoms with van der Waals surface area (Å²) in [6.07, 6.45) is 12.3. The standard InChI is InChI=1S/C29H39FO4/c1-3-5-19-33-28-18-13-24(21-27(28)30)29(31)34-26-16-14-25(15-17-26)32-20-6-8-23-11-9-22(7-4-2)10-12-23/h13-18,21-23H,3-12,19-20H2,1-2H3/t22-,23-. The van der Waals surface area contributed by atoms with Crippen LogP contribution in [0.4, 0.5) is 4.39 Å². The number of hydrogen-bond donors (Lipinski definition) is 0. The van der Waals surface area contributed by atoms with E-state index < -0.39 is 11.8 Å². The fourth-order valence-corrected chi connectivity index (χ4v) is 4.62. The van der Waals surface area contributed by atoms with Crippen LogP contribution in [0, 0.1) is 17.7 Å². The molecule has 0 radical (unpaired) electrons. The summed E-state index contributed by atoms with van der Waals surface area (Å²) in [5.74, 6) is 1.92. The van der Waals surface area contributed by atoms with Crippen molar-refractivity contribution < 1.29 is 23.4 Å². The first kappa shape index (κ1) is 26.1. The molecule has 3 rings (SSSR count). The average molecular weight is 471 g/mol. The molecule has 186 valence electrons. The Morgan fingerprint density at radius 1 is 0.824 bits per heavy atom. The zero-order chi connectivity index (χ0) is 24.2. The van der Waals surface area contributed by atoms with Crippen molar-refractivity contribution in [2.75, 3.05) is 13.2 Å². The number of hydrogen-bond acceptors (Lipinski definition) is 4. The SMILES string of the molecule is CCCCOc1ccc(C(=O)Oc2ccc(OCCC[C@H]3CC[C@H](CCC)CC3)cc2)cc1F. The number of rotatable bonds is 13. The van der Waals surface area contributed by atoms with Crippen molar-refractivity contribution in [3.63, 3.8) is 0 Å². The zero-order valence-corrected chi connectivity index (χ0v) is 20.7. The molecule has 0 aliphatic heterocycles. The lowest BCUT2D eigenvalue weighted by Crippen LogP contribution is -2.15. The van der Waals surface area contributed by atoms with Crippen LogP contribution in [0.15, 0.2) is 42.5 Å². The number of halogens is 1. The molecule has 0 N–H and O–H groups in total. The molecule has 4 nitrogen and oxygen atoms in total. The first-order valence-corrected chi connectivity index (χ1v) is 13.0. The molecular formula is C29H39FO4. The first-order chi connectivity index (χ1) is 16.6. The van der Waals surface area contributed by atoms with E-state index in [1.54, 1.807) is 24.3 Å². The topological polar surface area (TPSA) is 44.8 Å². The number of esters is 1. The second-order valence-corrected chi connectivity index (χ2v) is 9.37. The van der Waals surface area contributed by atoms with Crippen molar-refractivity contribution in [3.05, 3.63) is 53.8 Å². The predicted molar refractivity (Wildman–Crippen MR) is 133 cm³/mol. The van der Waals surface area contributed by atoms with Gasteiger partial charge in [-0.1, -0.05) is 58.8 Å². The summed E-state index contributed by atoms with van der Waals surface area (Å²) in [7, 11) is 0. The Morgan fingerprint density at radius 2 is 1.47 bits per heavy atom. The smallest absolute Gasteiger partial charge is 0.343 e. The molecule has 5 heteroatoms. The molecule has 0 saturated heterocycles. The van der Waals surface area contributed by atoms with Crippen molar-refractivity contribution in [3.8, 4) is 17.2 Å². The Morgan fingerprint density at radius 3 is 2.12 bits per heavy atom. The molecule has 0 bridgehead atoms. The van der Waals surface area contributed by atoms with Crippen molar-refractivity contribution in [1.29, 1.82) is 0 Å². The largest absolute Gasteiger partial charge is 0.494 e. The summed E-state index contributed by atoms with van der Waals surface area (Å²) in [5.41, 5.74) is 0.143. The van der Waals surface area contributed by atoms with E-state index in [0.717, 1.165) is 42.9 Å². The van der Waals surface area contributed by atoms with Crippen LogP contribution in [0.3, 0.4) is 0 Å². The van der Waals surface area contributed by atoms with E-state index in [1.165, 1.54) is 57.1 Å². The summed E-state index contributed by atoms with van der Waals surface area (Å²) in [6, 6.07) is 11.1. The maximum Gasteiger partial charge on any atom is 0.343 e. The summed E-state index contributed by atoms with van der Waals surface area (Å²) < 4.78 is 30.8. The molecule has 1 aliphatic carbocycles. The highest BCUT2D eigenvalue weighted by molar-refractivity contribution is 5.91. The summed E-state index contributed by atoms with van der Waals surface area (Å²) in [6.45, 7) is 5.47. The van der Waals surface area contributed by atoms with E-state index in [1.807, 2.05) is 6.92 Å². The van der Waals surface area contributed by atoms with Crippen LogP contribution in [0.1, 0.15) is 88.4 Å². The van der Waals surface area contributed by atoms with E-state index >= 15 is 0 Å². The van der Waals surface area contributed by atoms with Gasteiger partial charge >= 0.3 is 5.97 Å². The van der Waals surface area contributed by atoms with Crippen LogP contribution in [-0.2, 0) is 0 Å². The fraction of sp³-hybridized carbons (Fsp3) is 0.552. The highest BCUT2D eigenvalue weighted by atomic mass is 19.1. The third-order valence-corrected chi connectivity index (χ3v) is 6.65. The van der Waals surface area contributed by atoms with Gasteiger partial charge in [-0.2, -0.15) is 0 Å². The number of carbonyl (C=O) groups excluding carboxylic acids is 1. The minimum Gasteiger partial charge on any atom is -0.494 e. The summed E-state index contributed by atoms with van der Waals surface area (Å²) in [4.78, 5) is 12.4. The lowest BCUT2D eigenvalue weighted by molar-refractivity contribution is 0.0734. The van der Waals surface area contributed by atoms with Gasteiger partial charge in [0.1, 0.15) is 11.5 Å². The van der Waals surface area contributed by atoms with Crippen molar-refractivity contribution in [2.45, 2.75) is 78.1 Å². The van der Waals surface area contributed by atoms with E-state index in [4.69, 9.17) is 14.2 Å².